The zero-order chi connectivity index (χ0) is 19.2. The highest BCUT2D eigenvalue weighted by atomic mass is 16.5. The van der Waals surface area contributed by atoms with Gasteiger partial charge in [0.1, 0.15) is 5.69 Å². The number of benzene rings is 1. The summed E-state index contributed by atoms with van der Waals surface area (Å²) >= 11 is 0. The summed E-state index contributed by atoms with van der Waals surface area (Å²) in [6, 6.07) is 7.37. The lowest BCUT2D eigenvalue weighted by Crippen LogP contribution is -2.39. The minimum atomic E-state index is -0.0295. The minimum absolute atomic E-state index is 0.0295. The van der Waals surface area contributed by atoms with Crippen molar-refractivity contribution < 1.29 is 14.3 Å². The first-order chi connectivity index (χ1) is 13.1. The minimum Gasteiger partial charge on any atom is -0.493 e. The van der Waals surface area contributed by atoms with Gasteiger partial charge in [0.25, 0.3) is 5.91 Å². The number of piperidine rings is 1. The Labute approximate surface area is 159 Å². The number of aromatic nitrogens is 2. The van der Waals surface area contributed by atoms with Crippen LogP contribution < -0.4 is 14.8 Å². The van der Waals surface area contributed by atoms with Gasteiger partial charge in [-0.2, -0.15) is 0 Å². The van der Waals surface area contributed by atoms with Crippen LogP contribution in [0.2, 0.25) is 0 Å². The molecule has 1 saturated heterocycles. The number of hydrogen-bond donors (Lipinski definition) is 1. The predicted octanol–water partition coefficient (Wildman–Crippen LogP) is 2.98. The number of carbonyl (C=O) groups is 1. The summed E-state index contributed by atoms with van der Waals surface area (Å²) in [4.78, 5) is 23.2. The van der Waals surface area contributed by atoms with Crippen molar-refractivity contribution in [1.82, 2.24) is 14.9 Å². The fourth-order valence-corrected chi connectivity index (χ4v) is 3.27. The first kappa shape index (κ1) is 18.9. The number of methoxy groups -OCH3 is 2. The summed E-state index contributed by atoms with van der Waals surface area (Å²) in [5.74, 6) is 2.28. The number of rotatable bonds is 6. The lowest BCUT2D eigenvalue weighted by Gasteiger charge is -2.30. The van der Waals surface area contributed by atoms with Crippen LogP contribution in [0.15, 0.2) is 30.5 Å². The van der Waals surface area contributed by atoms with Crippen LogP contribution in [0.4, 0.5) is 5.95 Å². The largest absolute Gasteiger partial charge is 0.493 e. The van der Waals surface area contributed by atoms with Gasteiger partial charge < -0.3 is 19.7 Å². The Morgan fingerprint density at radius 2 is 2.07 bits per heavy atom. The van der Waals surface area contributed by atoms with Crippen LogP contribution in [0.25, 0.3) is 0 Å². The molecule has 0 aliphatic carbocycles. The molecular formula is C20H26N4O3. The maximum Gasteiger partial charge on any atom is 0.272 e. The first-order valence-corrected chi connectivity index (χ1v) is 9.17. The molecule has 0 saturated carbocycles. The van der Waals surface area contributed by atoms with Gasteiger partial charge in [0, 0.05) is 25.8 Å². The zero-order valence-corrected chi connectivity index (χ0v) is 16.1. The number of carbonyl (C=O) groups excluding carboxylic acids is 1. The van der Waals surface area contributed by atoms with Crippen LogP contribution in [-0.2, 0) is 6.54 Å². The molecule has 1 unspecified atom stereocenters. The second-order valence-electron chi connectivity index (χ2n) is 6.81. The molecule has 2 heterocycles. The topological polar surface area (TPSA) is 76.6 Å². The van der Waals surface area contributed by atoms with E-state index < -0.39 is 0 Å². The lowest BCUT2D eigenvalue weighted by molar-refractivity contribution is 0.0677. The lowest BCUT2D eigenvalue weighted by atomic mass is 10.00. The van der Waals surface area contributed by atoms with Gasteiger partial charge in [-0.05, 0) is 42.5 Å². The van der Waals surface area contributed by atoms with E-state index in [1.54, 1.807) is 26.5 Å². The van der Waals surface area contributed by atoms with Crippen molar-refractivity contribution in [1.29, 1.82) is 0 Å². The van der Waals surface area contributed by atoms with Gasteiger partial charge in [0.2, 0.25) is 5.95 Å². The molecule has 2 aromatic rings. The summed E-state index contributed by atoms with van der Waals surface area (Å²) in [5, 5.41) is 3.17. The molecule has 0 radical (unpaired) electrons. The Bertz CT molecular complexity index is 797. The number of nitrogens with zero attached hydrogens (tertiary/aromatic N) is 3. The highest BCUT2D eigenvalue weighted by Gasteiger charge is 2.23. The number of nitrogens with one attached hydrogen (secondary N) is 1. The summed E-state index contributed by atoms with van der Waals surface area (Å²) in [5.41, 5.74) is 1.42. The van der Waals surface area contributed by atoms with Crippen molar-refractivity contribution in [2.45, 2.75) is 26.3 Å². The zero-order valence-electron chi connectivity index (χ0n) is 16.1. The van der Waals surface area contributed by atoms with E-state index in [-0.39, 0.29) is 5.91 Å². The van der Waals surface area contributed by atoms with Gasteiger partial charge >= 0.3 is 0 Å². The van der Waals surface area contributed by atoms with Gasteiger partial charge in [0.15, 0.2) is 11.5 Å². The molecule has 1 aromatic carbocycles. The highest BCUT2D eigenvalue weighted by molar-refractivity contribution is 5.92. The van der Waals surface area contributed by atoms with E-state index in [1.165, 1.54) is 6.42 Å². The maximum atomic E-state index is 12.7. The number of hydrogen-bond acceptors (Lipinski definition) is 6. The van der Waals surface area contributed by atoms with Gasteiger partial charge in [-0.3, -0.25) is 4.79 Å². The average Bonchev–Trinajstić information content (AvgIpc) is 2.71. The Kier molecular flexibility index (Phi) is 6.11. The summed E-state index contributed by atoms with van der Waals surface area (Å²) in [7, 11) is 3.21. The van der Waals surface area contributed by atoms with Crippen molar-refractivity contribution in [3.05, 3.63) is 41.7 Å². The summed E-state index contributed by atoms with van der Waals surface area (Å²) in [6.07, 6.45) is 3.83. The van der Waals surface area contributed by atoms with E-state index in [0.717, 1.165) is 25.1 Å². The van der Waals surface area contributed by atoms with E-state index in [0.29, 0.717) is 35.6 Å². The third-order valence-electron chi connectivity index (χ3n) is 4.72. The van der Waals surface area contributed by atoms with Gasteiger partial charge in [-0.25, -0.2) is 9.97 Å². The molecule has 3 rings (SSSR count). The number of anilines is 1. The highest BCUT2D eigenvalue weighted by Crippen LogP contribution is 2.27. The molecule has 1 amide bonds. The van der Waals surface area contributed by atoms with Crippen LogP contribution in [0, 0.1) is 5.92 Å². The molecule has 1 aliphatic rings. The second-order valence-corrected chi connectivity index (χ2v) is 6.81. The maximum absolute atomic E-state index is 12.7. The number of ether oxygens (including phenoxy) is 2. The fraction of sp³-hybridized carbons (Fsp3) is 0.450. The molecule has 1 aromatic heterocycles. The van der Waals surface area contributed by atoms with Crippen molar-refractivity contribution in [2.24, 2.45) is 5.92 Å². The molecule has 1 aliphatic heterocycles. The Morgan fingerprint density at radius 3 is 2.81 bits per heavy atom. The Hall–Kier alpha value is -2.83. The van der Waals surface area contributed by atoms with E-state index in [1.807, 2.05) is 23.1 Å². The van der Waals surface area contributed by atoms with Crippen molar-refractivity contribution in [3.8, 4) is 11.5 Å². The molecule has 1 fully saturated rings. The normalized spacial score (nSPS) is 16.7. The molecular weight excluding hydrogens is 344 g/mol. The van der Waals surface area contributed by atoms with Crippen LogP contribution in [-0.4, -0.2) is 48.1 Å². The van der Waals surface area contributed by atoms with Crippen molar-refractivity contribution >= 4 is 11.9 Å². The van der Waals surface area contributed by atoms with E-state index in [4.69, 9.17) is 9.47 Å². The van der Waals surface area contributed by atoms with E-state index >= 15 is 0 Å². The SMILES string of the molecule is COc1ccc(CNc2nccc(C(=O)N3CCCC(C)C3)n2)cc1OC. The Balaban J connectivity index is 1.66. The second kappa shape index (κ2) is 8.70. The van der Waals surface area contributed by atoms with Crippen LogP contribution in [0.5, 0.6) is 11.5 Å². The van der Waals surface area contributed by atoms with Crippen molar-refractivity contribution in [3.63, 3.8) is 0 Å². The predicted molar refractivity (Wildman–Crippen MR) is 103 cm³/mol. The van der Waals surface area contributed by atoms with Gasteiger partial charge in [-0.1, -0.05) is 13.0 Å². The van der Waals surface area contributed by atoms with Crippen LogP contribution in [0.3, 0.4) is 0 Å². The molecule has 0 bridgehead atoms. The molecule has 1 N–H and O–H groups in total. The summed E-state index contributed by atoms with van der Waals surface area (Å²) < 4.78 is 10.6. The average molecular weight is 370 g/mol. The van der Waals surface area contributed by atoms with E-state index in [2.05, 4.69) is 22.2 Å². The molecule has 1 atom stereocenters. The molecule has 27 heavy (non-hydrogen) atoms. The molecule has 144 valence electrons. The Morgan fingerprint density at radius 1 is 1.26 bits per heavy atom. The number of amides is 1. The third kappa shape index (κ3) is 4.67. The summed E-state index contributed by atoms with van der Waals surface area (Å²) in [6.45, 7) is 4.27. The third-order valence-corrected chi connectivity index (χ3v) is 4.72. The smallest absolute Gasteiger partial charge is 0.272 e. The first-order valence-electron chi connectivity index (χ1n) is 9.17. The van der Waals surface area contributed by atoms with Crippen molar-refractivity contribution in [2.75, 3.05) is 32.6 Å². The fourth-order valence-electron chi connectivity index (χ4n) is 3.27. The van der Waals surface area contributed by atoms with Gasteiger partial charge in [-0.15, -0.1) is 0 Å². The monoisotopic (exact) mass is 370 g/mol. The molecule has 7 nitrogen and oxygen atoms in total. The standard InChI is InChI=1S/C20H26N4O3/c1-14-5-4-10-24(13-14)19(25)16-8-9-21-20(23-16)22-12-15-6-7-17(26-2)18(11-15)27-3/h6-9,11,14H,4-5,10,12-13H2,1-3H3,(H,21,22,23). The molecule has 7 heteroatoms. The van der Waals surface area contributed by atoms with Gasteiger partial charge in [0.05, 0.1) is 14.2 Å². The molecule has 0 spiro atoms. The number of likely N-dealkylation sites (tertiary alicyclic amines) is 1. The van der Waals surface area contributed by atoms with E-state index in [9.17, 15) is 4.79 Å². The quantitative estimate of drug-likeness (QED) is 0.842. The van der Waals surface area contributed by atoms with Crippen LogP contribution in [0.1, 0.15) is 35.8 Å². The van der Waals surface area contributed by atoms with Crippen LogP contribution >= 0.6 is 0 Å².